The molecule has 3 heteroatoms. The summed E-state index contributed by atoms with van der Waals surface area (Å²) in [5.41, 5.74) is 8.33. The fourth-order valence-electron chi connectivity index (χ4n) is 3.98. The second-order valence-electron chi connectivity index (χ2n) is 6.66. The van der Waals surface area contributed by atoms with E-state index in [-0.39, 0.29) is 0 Å². The van der Waals surface area contributed by atoms with E-state index in [0.717, 1.165) is 29.9 Å². The van der Waals surface area contributed by atoms with Gasteiger partial charge in [-0.15, -0.1) is 0 Å². The Morgan fingerprint density at radius 3 is 2.36 bits per heavy atom. The van der Waals surface area contributed by atoms with Crippen molar-refractivity contribution in [3.8, 4) is 16.8 Å². The molecular formula is C22H19N3. The van der Waals surface area contributed by atoms with E-state index in [0.29, 0.717) is 0 Å². The molecule has 3 nitrogen and oxygen atoms in total. The molecule has 0 spiro atoms. The first-order chi connectivity index (χ1) is 12.3. The van der Waals surface area contributed by atoms with Gasteiger partial charge in [0.25, 0.3) is 0 Å². The van der Waals surface area contributed by atoms with Gasteiger partial charge >= 0.3 is 0 Å². The van der Waals surface area contributed by atoms with Crippen LogP contribution in [0.1, 0.15) is 23.4 Å². The van der Waals surface area contributed by atoms with Gasteiger partial charge in [0.2, 0.25) is 0 Å². The molecule has 122 valence electrons. The molecule has 0 saturated heterocycles. The number of rotatable bonds is 2. The Hall–Kier alpha value is -2.94. The van der Waals surface area contributed by atoms with E-state index in [4.69, 9.17) is 10.1 Å². The van der Waals surface area contributed by atoms with E-state index in [2.05, 4.69) is 49.4 Å². The normalized spacial score (nSPS) is 13.3. The summed E-state index contributed by atoms with van der Waals surface area (Å²) in [6.45, 7) is 2.09. The molecule has 4 aromatic rings. The maximum absolute atomic E-state index is 5.04. The zero-order chi connectivity index (χ0) is 16.8. The first kappa shape index (κ1) is 14.4. The van der Waals surface area contributed by atoms with Gasteiger partial charge in [0.15, 0.2) is 5.65 Å². The average Bonchev–Trinajstić information content (AvgIpc) is 3.26. The summed E-state index contributed by atoms with van der Waals surface area (Å²) in [6.07, 6.45) is 3.36. The number of hydrogen-bond donors (Lipinski definition) is 0. The predicted octanol–water partition coefficient (Wildman–Crippen LogP) is 4.88. The lowest BCUT2D eigenvalue weighted by atomic mass is 9.96. The molecule has 2 heterocycles. The number of hydrogen-bond acceptors (Lipinski definition) is 2. The summed E-state index contributed by atoms with van der Waals surface area (Å²) in [6, 6.07) is 21.0. The van der Waals surface area contributed by atoms with E-state index >= 15 is 0 Å². The van der Waals surface area contributed by atoms with Crippen LogP contribution in [-0.4, -0.2) is 14.8 Å². The van der Waals surface area contributed by atoms with Crippen molar-refractivity contribution in [2.45, 2.75) is 26.2 Å². The van der Waals surface area contributed by atoms with Gasteiger partial charge in [-0.1, -0.05) is 48.5 Å². The molecule has 1 aliphatic carbocycles. The van der Waals surface area contributed by atoms with E-state index in [9.17, 15) is 0 Å². The van der Waals surface area contributed by atoms with Crippen LogP contribution in [0.4, 0.5) is 0 Å². The maximum atomic E-state index is 5.04. The predicted molar refractivity (Wildman–Crippen MR) is 101 cm³/mol. The van der Waals surface area contributed by atoms with Crippen molar-refractivity contribution in [1.82, 2.24) is 14.8 Å². The minimum absolute atomic E-state index is 0.975. The van der Waals surface area contributed by atoms with Crippen molar-refractivity contribution in [3.05, 3.63) is 77.6 Å². The summed E-state index contributed by atoms with van der Waals surface area (Å²) in [5, 5.41) is 6.03. The van der Waals surface area contributed by atoms with Gasteiger partial charge in [0.1, 0.15) is 0 Å². The SMILES string of the molecule is Cc1nn(-c2ccccc2)c2nc3c(c(-c4ccccc4)c12)CCC3. The van der Waals surface area contributed by atoms with Crippen molar-refractivity contribution in [3.63, 3.8) is 0 Å². The standard InChI is InChI=1S/C22H19N3/c1-15-20-21(16-9-4-2-5-10-16)18-13-8-14-19(18)23-22(20)25(24-15)17-11-6-3-7-12-17/h2-7,9-12H,8,13-14H2,1H3. The molecular weight excluding hydrogens is 306 g/mol. The van der Waals surface area contributed by atoms with Crippen molar-refractivity contribution in [2.75, 3.05) is 0 Å². The molecule has 0 aliphatic heterocycles. The maximum Gasteiger partial charge on any atom is 0.164 e. The molecule has 25 heavy (non-hydrogen) atoms. The minimum Gasteiger partial charge on any atom is -0.233 e. The summed E-state index contributed by atoms with van der Waals surface area (Å²) in [5.74, 6) is 0. The van der Waals surface area contributed by atoms with Crippen LogP contribution in [0.3, 0.4) is 0 Å². The summed E-state index contributed by atoms with van der Waals surface area (Å²) < 4.78 is 2.00. The van der Waals surface area contributed by atoms with Crippen LogP contribution in [0, 0.1) is 6.92 Å². The molecule has 0 fully saturated rings. The van der Waals surface area contributed by atoms with Crippen LogP contribution in [-0.2, 0) is 12.8 Å². The van der Waals surface area contributed by atoms with Gasteiger partial charge in [-0.25, -0.2) is 9.67 Å². The molecule has 0 saturated carbocycles. The molecule has 0 unspecified atom stereocenters. The van der Waals surface area contributed by atoms with Crippen molar-refractivity contribution in [2.24, 2.45) is 0 Å². The van der Waals surface area contributed by atoms with Gasteiger partial charge in [-0.2, -0.15) is 5.10 Å². The Kier molecular flexibility index (Phi) is 3.20. The van der Waals surface area contributed by atoms with Crippen LogP contribution in [0.15, 0.2) is 60.7 Å². The van der Waals surface area contributed by atoms with Gasteiger partial charge in [0, 0.05) is 5.69 Å². The Morgan fingerprint density at radius 1 is 0.880 bits per heavy atom. The zero-order valence-electron chi connectivity index (χ0n) is 14.2. The molecule has 0 N–H and O–H groups in total. The van der Waals surface area contributed by atoms with Crippen LogP contribution in [0.25, 0.3) is 27.8 Å². The number of aromatic nitrogens is 3. The molecule has 1 aliphatic rings. The third-order valence-electron chi connectivity index (χ3n) is 5.08. The van der Waals surface area contributed by atoms with E-state index in [1.54, 1.807) is 0 Å². The third-order valence-corrected chi connectivity index (χ3v) is 5.08. The number of fused-ring (bicyclic) bond motifs is 2. The summed E-state index contributed by atoms with van der Waals surface area (Å²) in [4.78, 5) is 5.04. The van der Waals surface area contributed by atoms with Crippen LogP contribution >= 0.6 is 0 Å². The van der Waals surface area contributed by atoms with Gasteiger partial charge < -0.3 is 0 Å². The summed E-state index contributed by atoms with van der Waals surface area (Å²) >= 11 is 0. The van der Waals surface area contributed by atoms with E-state index in [1.807, 2.05) is 22.9 Å². The fraction of sp³-hybridized carbons (Fsp3) is 0.182. The molecule has 0 radical (unpaired) electrons. The molecule has 0 amide bonds. The lowest BCUT2D eigenvalue weighted by Gasteiger charge is -2.11. The number of pyridine rings is 1. The zero-order valence-corrected chi connectivity index (χ0v) is 14.2. The highest BCUT2D eigenvalue weighted by molar-refractivity contribution is 5.98. The second kappa shape index (κ2) is 5.55. The highest BCUT2D eigenvalue weighted by atomic mass is 15.3. The Bertz CT molecular complexity index is 1060. The Labute approximate surface area is 147 Å². The molecule has 2 aromatic heterocycles. The first-order valence-electron chi connectivity index (χ1n) is 8.85. The minimum atomic E-state index is 0.975. The molecule has 0 atom stereocenters. The highest BCUT2D eigenvalue weighted by Crippen LogP contribution is 2.39. The lowest BCUT2D eigenvalue weighted by Crippen LogP contribution is -2.00. The van der Waals surface area contributed by atoms with Crippen molar-refractivity contribution in [1.29, 1.82) is 0 Å². The van der Waals surface area contributed by atoms with Crippen LogP contribution in [0.2, 0.25) is 0 Å². The highest BCUT2D eigenvalue weighted by Gasteiger charge is 2.24. The van der Waals surface area contributed by atoms with Crippen molar-refractivity contribution >= 4 is 11.0 Å². The number of aryl methyl sites for hydroxylation is 2. The lowest BCUT2D eigenvalue weighted by molar-refractivity contribution is 0.866. The monoisotopic (exact) mass is 325 g/mol. The van der Waals surface area contributed by atoms with E-state index < -0.39 is 0 Å². The topological polar surface area (TPSA) is 30.7 Å². The Morgan fingerprint density at radius 2 is 1.60 bits per heavy atom. The smallest absolute Gasteiger partial charge is 0.164 e. The number of benzene rings is 2. The van der Waals surface area contributed by atoms with Gasteiger partial charge in [-0.3, -0.25) is 0 Å². The Balaban J connectivity index is 1.89. The molecule has 2 aromatic carbocycles. The van der Waals surface area contributed by atoms with Gasteiger partial charge in [0.05, 0.1) is 16.8 Å². The molecule has 0 bridgehead atoms. The quantitative estimate of drug-likeness (QED) is 0.525. The summed E-state index contributed by atoms with van der Waals surface area (Å²) in [7, 11) is 0. The largest absolute Gasteiger partial charge is 0.233 e. The number of para-hydroxylation sites is 1. The first-order valence-corrected chi connectivity index (χ1v) is 8.85. The van der Waals surface area contributed by atoms with E-state index in [1.165, 1.54) is 34.2 Å². The van der Waals surface area contributed by atoms with Crippen LogP contribution in [0.5, 0.6) is 0 Å². The second-order valence-corrected chi connectivity index (χ2v) is 6.66. The number of nitrogens with zero attached hydrogens (tertiary/aromatic N) is 3. The fourth-order valence-corrected chi connectivity index (χ4v) is 3.98. The molecule has 5 rings (SSSR count). The third kappa shape index (κ3) is 2.19. The van der Waals surface area contributed by atoms with Crippen molar-refractivity contribution < 1.29 is 0 Å². The van der Waals surface area contributed by atoms with Crippen LogP contribution < -0.4 is 0 Å². The average molecular weight is 325 g/mol. The van der Waals surface area contributed by atoms with Gasteiger partial charge in [-0.05, 0) is 55.0 Å².